The maximum absolute atomic E-state index is 11.9. The largest absolute Gasteiger partial charge is 0.370 e. The molecule has 1 fully saturated rings. The summed E-state index contributed by atoms with van der Waals surface area (Å²) in [6, 6.07) is 0.322. The van der Waals surface area contributed by atoms with Gasteiger partial charge in [-0.2, -0.15) is 8.78 Å². The minimum absolute atomic E-state index is 0.322. The van der Waals surface area contributed by atoms with Crippen LogP contribution in [-0.2, 0) is 4.74 Å². The second kappa shape index (κ2) is 5.48. The second-order valence-electron chi connectivity index (χ2n) is 4.55. The number of ether oxygens (including phenoxy) is 1. The molecule has 5 heteroatoms. The van der Waals surface area contributed by atoms with Gasteiger partial charge in [0.1, 0.15) is 0 Å². The number of hydrogen-bond acceptors (Lipinski definition) is 3. The van der Waals surface area contributed by atoms with Crippen molar-refractivity contribution in [3.63, 3.8) is 0 Å². The molecule has 0 spiro atoms. The number of likely N-dealkylation sites (tertiary alicyclic amines) is 1. The molecule has 1 aliphatic heterocycles. The average molecular weight is 234 g/mol. The molecule has 0 radical (unpaired) electrons. The van der Waals surface area contributed by atoms with Gasteiger partial charge in [-0.15, -0.1) is 0 Å². The van der Waals surface area contributed by atoms with Gasteiger partial charge in [-0.25, -0.2) is 0 Å². The molecule has 0 aliphatic carbocycles. The van der Waals surface area contributed by atoms with Crippen molar-refractivity contribution in [2.24, 2.45) is 5.92 Å². The summed E-state index contributed by atoms with van der Waals surface area (Å²) < 4.78 is 28.1. The van der Waals surface area contributed by atoms with E-state index in [-0.39, 0.29) is 6.10 Å². The van der Waals surface area contributed by atoms with Crippen molar-refractivity contribution in [1.29, 1.82) is 0 Å². The van der Waals surface area contributed by atoms with Crippen LogP contribution < -0.4 is 5.32 Å². The van der Waals surface area contributed by atoms with Crippen LogP contribution in [0.5, 0.6) is 0 Å². The van der Waals surface area contributed by atoms with Crippen molar-refractivity contribution in [2.45, 2.75) is 39.5 Å². The summed E-state index contributed by atoms with van der Waals surface area (Å²) in [5.74, 6) is 1.29. The van der Waals surface area contributed by atoms with E-state index in [1.54, 1.807) is 0 Å². The number of nitrogens with zero attached hydrogens (tertiary/aromatic N) is 1. The molecule has 1 saturated heterocycles. The molecule has 0 aromatic rings. The quantitative estimate of drug-likeness (QED) is 0.761. The van der Waals surface area contributed by atoms with Gasteiger partial charge in [0.2, 0.25) is 0 Å². The first-order valence-electron chi connectivity index (χ1n) is 5.54. The number of rotatable bonds is 6. The first-order chi connectivity index (χ1) is 7.40. The van der Waals surface area contributed by atoms with Crippen LogP contribution in [0, 0.1) is 5.92 Å². The first-order valence-corrected chi connectivity index (χ1v) is 5.54. The average Bonchev–Trinajstić information content (AvgIpc) is 2.09. The minimum atomic E-state index is -2.68. The van der Waals surface area contributed by atoms with E-state index in [0.717, 1.165) is 5.82 Å². The third kappa shape index (κ3) is 3.63. The van der Waals surface area contributed by atoms with E-state index in [9.17, 15) is 8.78 Å². The van der Waals surface area contributed by atoms with E-state index in [0.29, 0.717) is 25.0 Å². The first kappa shape index (κ1) is 13.2. The van der Waals surface area contributed by atoms with Crippen LogP contribution >= 0.6 is 0 Å². The van der Waals surface area contributed by atoms with Crippen LogP contribution in [-0.4, -0.2) is 36.7 Å². The van der Waals surface area contributed by atoms with E-state index >= 15 is 0 Å². The normalized spacial score (nSPS) is 18.8. The maximum atomic E-state index is 11.9. The highest BCUT2D eigenvalue weighted by atomic mass is 19.3. The third-order valence-corrected chi connectivity index (χ3v) is 2.92. The Kier molecular flexibility index (Phi) is 4.53. The second-order valence-corrected chi connectivity index (χ2v) is 4.55. The van der Waals surface area contributed by atoms with Gasteiger partial charge in [0.15, 0.2) is 0 Å². The van der Waals surface area contributed by atoms with Gasteiger partial charge < -0.3 is 15.0 Å². The van der Waals surface area contributed by atoms with Gasteiger partial charge in [-0.3, -0.25) is 0 Å². The van der Waals surface area contributed by atoms with E-state index in [1.807, 2.05) is 4.90 Å². The maximum Gasteiger partial charge on any atom is 0.345 e. The van der Waals surface area contributed by atoms with Crippen LogP contribution in [0.4, 0.5) is 8.78 Å². The molecule has 0 aromatic carbocycles. The summed E-state index contributed by atoms with van der Waals surface area (Å²) in [4.78, 5) is 1.91. The van der Waals surface area contributed by atoms with Crippen molar-refractivity contribution < 1.29 is 13.5 Å². The van der Waals surface area contributed by atoms with Gasteiger partial charge in [0, 0.05) is 19.1 Å². The highest BCUT2D eigenvalue weighted by Crippen LogP contribution is 2.18. The predicted molar refractivity (Wildman–Crippen MR) is 59.0 cm³/mol. The fourth-order valence-corrected chi connectivity index (χ4v) is 1.41. The fourth-order valence-electron chi connectivity index (χ4n) is 1.41. The summed E-state index contributed by atoms with van der Waals surface area (Å²) in [6.07, 6.45) is -0.368. The molecule has 16 heavy (non-hydrogen) atoms. The Bertz CT molecular complexity index is 240. The molecule has 1 atom stereocenters. The molecule has 0 bridgehead atoms. The summed E-state index contributed by atoms with van der Waals surface area (Å²) in [6.45, 7) is 8.48. The highest BCUT2D eigenvalue weighted by molar-refractivity contribution is 5.00. The zero-order valence-corrected chi connectivity index (χ0v) is 10.0. The van der Waals surface area contributed by atoms with Crippen LogP contribution in [0.25, 0.3) is 0 Å². The summed E-state index contributed by atoms with van der Waals surface area (Å²) >= 11 is 0. The molecule has 0 aromatic heterocycles. The van der Waals surface area contributed by atoms with E-state index in [2.05, 4.69) is 37.4 Å². The van der Waals surface area contributed by atoms with Crippen molar-refractivity contribution in [1.82, 2.24) is 10.2 Å². The summed E-state index contributed by atoms with van der Waals surface area (Å²) in [5.41, 5.74) is 0. The van der Waals surface area contributed by atoms with Crippen LogP contribution in [0.2, 0.25) is 0 Å². The minimum Gasteiger partial charge on any atom is -0.370 e. The Morgan fingerprint density at radius 3 is 2.38 bits per heavy atom. The topological polar surface area (TPSA) is 24.5 Å². The number of nitrogens with one attached hydrogen (secondary N) is 1. The molecular weight excluding hydrogens is 214 g/mol. The lowest BCUT2D eigenvalue weighted by atomic mass is 10.1. The Morgan fingerprint density at radius 2 is 1.94 bits per heavy atom. The van der Waals surface area contributed by atoms with E-state index in [1.165, 1.54) is 0 Å². The molecule has 1 N–H and O–H groups in total. The molecule has 3 nitrogen and oxygen atoms in total. The standard InChI is InChI=1S/C11H20F2N2O/c1-7(2)8(3)14-9(4)15-5-10(6-15)16-11(12)13/h7-8,10-11,14H,4-6H2,1-3H3/t8-/m1/s1. The molecular formula is C11H20F2N2O. The highest BCUT2D eigenvalue weighted by Gasteiger charge is 2.31. The van der Waals surface area contributed by atoms with Gasteiger partial charge in [0.25, 0.3) is 0 Å². The molecule has 1 aliphatic rings. The smallest absolute Gasteiger partial charge is 0.345 e. The van der Waals surface area contributed by atoms with E-state index < -0.39 is 6.61 Å². The van der Waals surface area contributed by atoms with Crippen molar-refractivity contribution in [2.75, 3.05) is 13.1 Å². The van der Waals surface area contributed by atoms with Crippen molar-refractivity contribution >= 4 is 0 Å². The summed E-state index contributed by atoms with van der Waals surface area (Å²) in [7, 11) is 0. The lowest BCUT2D eigenvalue weighted by Gasteiger charge is -2.42. The van der Waals surface area contributed by atoms with Crippen molar-refractivity contribution in [3.8, 4) is 0 Å². The fraction of sp³-hybridized carbons (Fsp3) is 0.818. The van der Waals surface area contributed by atoms with Gasteiger partial charge in [-0.1, -0.05) is 20.4 Å². The Labute approximate surface area is 95.4 Å². The van der Waals surface area contributed by atoms with Gasteiger partial charge in [0.05, 0.1) is 11.9 Å². The van der Waals surface area contributed by atoms with Gasteiger partial charge in [-0.05, 0) is 12.8 Å². The molecule has 1 heterocycles. The van der Waals surface area contributed by atoms with Crippen LogP contribution in [0.15, 0.2) is 12.4 Å². The zero-order chi connectivity index (χ0) is 12.3. The Morgan fingerprint density at radius 1 is 1.38 bits per heavy atom. The molecule has 0 amide bonds. The molecule has 0 saturated carbocycles. The van der Waals surface area contributed by atoms with Crippen LogP contribution in [0.3, 0.4) is 0 Å². The monoisotopic (exact) mass is 234 g/mol. The SMILES string of the molecule is C=C(N[C@H](C)C(C)C)N1CC(OC(F)F)C1. The number of alkyl halides is 2. The zero-order valence-electron chi connectivity index (χ0n) is 10.0. The molecule has 0 unspecified atom stereocenters. The molecule has 1 rings (SSSR count). The van der Waals surface area contributed by atoms with E-state index in [4.69, 9.17) is 0 Å². The predicted octanol–water partition coefficient (Wildman–Crippen LogP) is 2.02. The van der Waals surface area contributed by atoms with Gasteiger partial charge >= 0.3 is 6.61 Å². The van der Waals surface area contributed by atoms with Crippen LogP contribution in [0.1, 0.15) is 20.8 Å². The van der Waals surface area contributed by atoms with Crippen molar-refractivity contribution in [3.05, 3.63) is 12.4 Å². The Balaban J connectivity index is 2.22. The molecule has 94 valence electrons. The Hall–Kier alpha value is -0.840. The number of hydrogen-bond donors (Lipinski definition) is 1. The lowest BCUT2D eigenvalue weighted by Crippen LogP contribution is -2.55. The lowest BCUT2D eigenvalue weighted by molar-refractivity contribution is -0.192. The third-order valence-electron chi connectivity index (χ3n) is 2.92. The number of halogens is 2. The summed E-state index contributed by atoms with van der Waals surface area (Å²) in [5, 5.41) is 3.24.